The summed E-state index contributed by atoms with van der Waals surface area (Å²) >= 11 is 0. The average molecular weight is 286 g/mol. The van der Waals surface area contributed by atoms with Crippen molar-refractivity contribution in [1.82, 2.24) is 0 Å². The molecule has 0 atom stereocenters. The molecule has 6 heteroatoms. The van der Waals surface area contributed by atoms with Gasteiger partial charge in [0.15, 0.2) is 0 Å². The van der Waals surface area contributed by atoms with E-state index < -0.39 is 11.7 Å². The molecule has 0 heterocycles. The Morgan fingerprint density at radius 3 is 2.40 bits per heavy atom. The first-order chi connectivity index (χ1) is 9.36. The number of carbonyl (C=O) groups is 1. The molecule has 3 nitrogen and oxygen atoms in total. The number of benzene rings is 1. The van der Waals surface area contributed by atoms with Gasteiger partial charge in [0, 0.05) is 17.3 Å². The molecule has 0 spiro atoms. The number of carbonyl (C=O) groups excluding carboxylic acids is 1. The summed E-state index contributed by atoms with van der Waals surface area (Å²) in [6.07, 6.45) is 0.201. The van der Waals surface area contributed by atoms with Crippen LogP contribution in [0.3, 0.4) is 0 Å². The Morgan fingerprint density at radius 2 is 1.80 bits per heavy atom. The lowest BCUT2D eigenvalue weighted by Crippen LogP contribution is -2.25. The highest BCUT2D eigenvalue weighted by molar-refractivity contribution is 5.93. The van der Waals surface area contributed by atoms with E-state index in [2.05, 4.69) is 5.32 Å². The molecule has 0 aromatic heterocycles. The van der Waals surface area contributed by atoms with Gasteiger partial charge in [-0.25, -0.2) is 0 Å². The number of nitrogen functional groups attached to an aromatic ring is 1. The number of halogens is 3. The van der Waals surface area contributed by atoms with Gasteiger partial charge in [0.2, 0.25) is 5.91 Å². The molecule has 2 rings (SSSR count). The topological polar surface area (TPSA) is 55.1 Å². The first-order valence-corrected chi connectivity index (χ1v) is 6.65. The van der Waals surface area contributed by atoms with Gasteiger partial charge >= 0.3 is 6.18 Å². The van der Waals surface area contributed by atoms with Crippen molar-refractivity contribution in [3.63, 3.8) is 0 Å². The maximum Gasteiger partial charge on any atom is 0.416 e. The molecule has 1 aliphatic rings. The van der Waals surface area contributed by atoms with Crippen LogP contribution in [-0.2, 0) is 11.0 Å². The van der Waals surface area contributed by atoms with Gasteiger partial charge in [-0.05, 0) is 31.0 Å². The maximum atomic E-state index is 12.7. The fourth-order valence-electron chi connectivity index (χ4n) is 2.50. The predicted octanol–water partition coefficient (Wildman–Crippen LogP) is 3.81. The zero-order valence-corrected chi connectivity index (χ0v) is 11.0. The third-order valence-electron chi connectivity index (χ3n) is 3.53. The summed E-state index contributed by atoms with van der Waals surface area (Å²) in [5.41, 5.74) is 4.70. The van der Waals surface area contributed by atoms with E-state index in [1.54, 1.807) is 0 Å². The Morgan fingerprint density at radius 1 is 1.15 bits per heavy atom. The number of amides is 1. The quantitative estimate of drug-likeness (QED) is 0.812. The monoisotopic (exact) mass is 286 g/mol. The second-order valence-corrected chi connectivity index (χ2v) is 5.17. The summed E-state index contributed by atoms with van der Waals surface area (Å²) in [5.74, 6) is -0.331. The molecule has 1 aromatic rings. The Bertz CT molecular complexity index is 494. The zero-order chi connectivity index (χ0) is 14.8. The number of hydrogen-bond donors (Lipinski definition) is 2. The molecule has 0 saturated heterocycles. The lowest BCUT2D eigenvalue weighted by molar-refractivity contribution is -0.137. The summed E-state index contributed by atoms with van der Waals surface area (Å²) in [4.78, 5) is 12.0. The lowest BCUT2D eigenvalue weighted by atomic mass is 9.88. The SMILES string of the molecule is Nc1cc(NC(=O)C2CCCCC2)cc(C(F)(F)F)c1. The largest absolute Gasteiger partial charge is 0.416 e. The van der Waals surface area contributed by atoms with Crippen LogP contribution in [0.1, 0.15) is 37.7 Å². The number of anilines is 2. The fourth-order valence-corrected chi connectivity index (χ4v) is 2.50. The highest BCUT2D eigenvalue weighted by atomic mass is 19.4. The normalized spacial score (nSPS) is 16.9. The molecule has 1 saturated carbocycles. The summed E-state index contributed by atoms with van der Waals surface area (Å²) in [5, 5.41) is 2.55. The zero-order valence-electron chi connectivity index (χ0n) is 11.0. The van der Waals surface area contributed by atoms with Crippen LogP contribution in [0.2, 0.25) is 0 Å². The minimum Gasteiger partial charge on any atom is -0.399 e. The molecule has 3 N–H and O–H groups in total. The highest BCUT2D eigenvalue weighted by Gasteiger charge is 2.31. The molecule has 110 valence electrons. The number of hydrogen-bond acceptors (Lipinski definition) is 2. The van der Waals surface area contributed by atoms with Crippen molar-refractivity contribution in [2.24, 2.45) is 5.92 Å². The van der Waals surface area contributed by atoms with E-state index in [0.717, 1.165) is 44.2 Å². The first kappa shape index (κ1) is 14.7. The van der Waals surface area contributed by atoms with E-state index in [0.29, 0.717) is 0 Å². The highest BCUT2D eigenvalue weighted by Crippen LogP contribution is 2.33. The van der Waals surface area contributed by atoms with Crippen molar-refractivity contribution in [2.75, 3.05) is 11.1 Å². The van der Waals surface area contributed by atoms with Gasteiger partial charge in [0.1, 0.15) is 0 Å². The average Bonchev–Trinajstić information content (AvgIpc) is 2.38. The second kappa shape index (κ2) is 5.73. The Labute approximate surface area is 115 Å². The van der Waals surface area contributed by atoms with E-state index in [-0.39, 0.29) is 23.2 Å². The van der Waals surface area contributed by atoms with Crippen LogP contribution < -0.4 is 11.1 Å². The molecule has 0 bridgehead atoms. The van der Waals surface area contributed by atoms with Gasteiger partial charge in [-0.2, -0.15) is 13.2 Å². The van der Waals surface area contributed by atoms with Crippen LogP contribution in [0.5, 0.6) is 0 Å². The fraction of sp³-hybridized carbons (Fsp3) is 0.500. The minimum absolute atomic E-state index is 0.0150. The minimum atomic E-state index is -4.47. The molecule has 1 aromatic carbocycles. The van der Waals surface area contributed by atoms with Crippen molar-refractivity contribution >= 4 is 17.3 Å². The van der Waals surface area contributed by atoms with Gasteiger partial charge in [0.05, 0.1) is 5.56 Å². The third-order valence-corrected chi connectivity index (χ3v) is 3.53. The van der Waals surface area contributed by atoms with E-state index in [4.69, 9.17) is 5.73 Å². The molecule has 0 radical (unpaired) electrons. The lowest BCUT2D eigenvalue weighted by Gasteiger charge is -2.21. The Balaban J connectivity index is 2.12. The number of nitrogens with one attached hydrogen (secondary N) is 1. The first-order valence-electron chi connectivity index (χ1n) is 6.65. The van der Waals surface area contributed by atoms with Crippen LogP contribution in [0.4, 0.5) is 24.5 Å². The van der Waals surface area contributed by atoms with E-state index >= 15 is 0 Å². The third kappa shape index (κ3) is 3.65. The van der Waals surface area contributed by atoms with Crippen LogP contribution in [0, 0.1) is 5.92 Å². The molecular weight excluding hydrogens is 269 g/mol. The summed E-state index contributed by atoms with van der Waals surface area (Å²) in [7, 11) is 0. The van der Waals surface area contributed by atoms with E-state index in [1.165, 1.54) is 6.07 Å². The van der Waals surface area contributed by atoms with Crippen LogP contribution in [0.15, 0.2) is 18.2 Å². The van der Waals surface area contributed by atoms with E-state index in [9.17, 15) is 18.0 Å². The van der Waals surface area contributed by atoms with Crippen LogP contribution in [-0.4, -0.2) is 5.91 Å². The van der Waals surface area contributed by atoms with Gasteiger partial charge in [-0.3, -0.25) is 4.79 Å². The van der Waals surface area contributed by atoms with Crippen LogP contribution >= 0.6 is 0 Å². The number of nitrogens with two attached hydrogens (primary N) is 1. The number of alkyl halides is 3. The van der Waals surface area contributed by atoms with Crippen molar-refractivity contribution in [2.45, 2.75) is 38.3 Å². The molecule has 0 aliphatic heterocycles. The smallest absolute Gasteiger partial charge is 0.399 e. The predicted molar refractivity (Wildman–Crippen MR) is 71.1 cm³/mol. The number of rotatable bonds is 2. The van der Waals surface area contributed by atoms with Crippen molar-refractivity contribution in [1.29, 1.82) is 0 Å². The summed E-state index contributed by atoms with van der Waals surface area (Å²) in [6.45, 7) is 0. The summed E-state index contributed by atoms with van der Waals surface area (Å²) < 4.78 is 38.0. The van der Waals surface area contributed by atoms with Crippen molar-refractivity contribution in [3.05, 3.63) is 23.8 Å². The van der Waals surface area contributed by atoms with Gasteiger partial charge in [0.25, 0.3) is 0 Å². The molecule has 20 heavy (non-hydrogen) atoms. The molecule has 1 fully saturated rings. The van der Waals surface area contributed by atoms with Crippen molar-refractivity contribution < 1.29 is 18.0 Å². The molecule has 0 unspecified atom stereocenters. The molecular formula is C14H17F3N2O. The molecule has 1 amide bonds. The standard InChI is InChI=1S/C14H17F3N2O/c15-14(16,17)10-6-11(18)8-12(7-10)19-13(20)9-4-2-1-3-5-9/h6-9H,1-5,18H2,(H,19,20). The van der Waals surface area contributed by atoms with Gasteiger partial charge in [-0.1, -0.05) is 19.3 Å². The second-order valence-electron chi connectivity index (χ2n) is 5.17. The maximum absolute atomic E-state index is 12.7. The van der Waals surface area contributed by atoms with Crippen LogP contribution in [0.25, 0.3) is 0 Å². The molecule has 1 aliphatic carbocycles. The Hall–Kier alpha value is -1.72. The van der Waals surface area contributed by atoms with E-state index in [1.807, 2.05) is 0 Å². The summed E-state index contributed by atoms with van der Waals surface area (Å²) in [6, 6.07) is 3.11. The van der Waals surface area contributed by atoms with Gasteiger partial charge in [-0.15, -0.1) is 0 Å². The Kier molecular flexibility index (Phi) is 4.20. The van der Waals surface area contributed by atoms with Crippen molar-refractivity contribution in [3.8, 4) is 0 Å². The van der Waals surface area contributed by atoms with Gasteiger partial charge < -0.3 is 11.1 Å².